The Bertz CT molecular complexity index is 483. The summed E-state index contributed by atoms with van der Waals surface area (Å²) in [4.78, 5) is 0.358. The van der Waals surface area contributed by atoms with E-state index in [2.05, 4.69) is 0 Å². The first-order chi connectivity index (χ1) is 7.95. The highest BCUT2D eigenvalue weighted by molar-refractivity contribution is 7.89. The maximum Gasteiger partial charge on any atom is 0.243 e. The third-order valence-corrected chi connectivity index (χ3v) is 4.84. The fourth-order valence-electron chi connectivity index (χ4n) is 1.76. The van der Waals surface area contributed by atoms with Crippen LogP contribution in [0.15, 0.2) is 23.1 Å². The minimum atomic E-state index is -3.39. The number of benzene rings is 1. The van der Waals surface area contributed by atoms with Crippen molar-refractivity contribution in [3.63, 3.8) is 0 Å². The van der Waals surface area contributed by atoms with Gasteiger partial charge in [-0.25, -0.2) is 12.7 Å². The van der Waals surface area contributed by atoms with Crippen molar-refractivity contribution in [3.8, 4) is 0 Å². The predicted octanol–water partition coefficient (Wildman–Crippen LogP) is 1.48. The molecule has 0 unspecified atom stereocenters. The van der Waals surface area contributed by atoms with Gasteiger partial charge in [0.2, 0.25) is 10.0 Å². The quantitative estimate of drug-likeness (QED) is 0.868. The second-order valence-electron chi connectivity index (χ2n) is 4.07. The van der Waals surface area contributed by atoms with E-state index in [9.17, 15) is 8.42 Å². The summed E-state index contributed by atoms with van der Waals surface area (Å²) in [6.07, 6.45) is 0.797. The van der Waals surface area contributed by atoms with Crippen molar-refractivity contribution >= 4 is 10.0 Å². The molecule has 0 aliphatic heterocycles. The lowest BCUT2D eigenvalue weighted by Crippen LogP contribution is -2.28. The van der Waals surface area contributed by atoms with Crippen LogP contribution in [0.2, 0.25) is 0 Å². The molecule has 0 spiro atoms. The minimum Gasteiger partial charge on any atom is -0.326 e. The molecule has 0 amide bonds. The average molecular weight is 256 g/mol. The van der Waals surface area contributed by atoms with Crippen LogP contribution in [0, 0.1) is 6.92 Å². The zero-order chi connectivity index (χ0) is 13.1. The lowest BCUT2D eigenvalue weighted by atomic mass is 10.1. The number of sulfonamides is 1. The second-order valence-corrected chi connectivity index (χ2v) is 6.08. The summed E-state index contributed by atoms with van der Waals surface area (Å²) in [5.74, 6) is 0. The van der Waals surface area contributed by atoms with Crippen LogP contribution < -0.4 is 5.73 Å². The molecule has 0 aliphatic carbocycles. The summed E-state index contributed by atoms with van der Waals surface area (Å²) in [7, 11) is -1.78. The fourth-order valence-corrected chi connectivity index (χ4v) is 3.29. The van der Waals surface area contributed by atoms with Crippen molar-refractivity contribution in [2.75, 3.05) is 13.6 Å². The van der Waals surface area contributed by atoms with E-state index in [0.717, 1.165) is 17.5 Å². The molecule has 0 fully saturated rings. The fraction of sp³-hybridized carbons (Fsp3) is 0.500. The standard InChI is InChI=1S/C12H20N2O2S/c1-4-8-14(3)17(15,16)12-7-5-6-11(9-13)10(12)2/h5-7H,4,8-9,13H2,1-3H3. The Balaban J connectivity index is 3.24. The molecule has 0 saturated heterocycles. The normalized spacial score (nSPS) is 12.1. The molecule has 0 saturated carbocycles. The molecule has 5 heteroatoms. The molecule has 0 aromatic heterocycles. The molecule has 0 atom stereocenters. The third-order valence-electron chi connectivity index (χ3n) is 2.84. The van der Waals surface area contributed by atoms with Crippen LogP contribution in [0.4, 0.5) is 0 Å². The van der Waals surface area contributed by atoms with Crippen molar-refractivity contribution < 1.29 is 8.42 Å². The van der Waals surface area contributed by atoms with Crippen LogP contribution >= 0.6 is 0 Å². The highest BCUT2D eigenvalue weighted by atomic mass is 32.2. The smallest absolute Gasteiger partial charge is 0.243 e. The van der Waals surface area contributed by atoms with Crippen LogP contribution in [-0.4, -0.2) is 26.3 Å². The topological polar surface area (TPSA) is 63.4 Å². The zero-order valence-corrected chi connectivity index (χ0v) is 11.4. The van der Waals surface area contributed by atoms with Gasteiger partial charge in [-0.3, -0.25) is 0 Å². The molecule has 1 rings (SSSR count). The van der Waals surface area contributed by atoms with E-state index in [-0.39, 0.29) is 0 Å². The van der Waals surface area contributed by atoms with Gasteiger partial charge < -0.3 is 5.73 Å². The molecular formula is C12H20N2O2S. The third kappa shape index (κ3) is 2.86. The van der Waals surface area contributed by atoms with Crippen LogP contribution in [0.3, 0.4) is 0 Å². The highest BCUT2D eigenvalue weighted by Gasteiger charge is 2.22. The molecule has 4 nitrogen and oxygen atoms in total. The van der Waals surface area contributed by atoms with Gasteiger partial charge in [-0.1, -0.05) is 19.1 Å². The summed E-state index contributed by atoms with van der Waals surface area (Å²) < 4.78 is 26.0. The first-order valence-electron chi connectivity index (χ1n) is 5.70. The Hall–Kier alpha value is -0.910. The summed E-state index contributed by atoms with van der Waals surface area (Å²) in [6.45, 7) is 4.63. The SMILES string of the molecule is CCCN(C)S(=O)(=O)c1cccc(CN)c1C. The number of nitrogens with two attached hydrogens (primary N) is 1. The Labute approximate surface area is 103 Å². The number of rotatable bonds is 5. The van der Waals surface area contributed by atoms with Gasteiger partial charge in [0, 0.05) is 20.1 Å². The summed E-state index contributed by atoms with van der Waals surface area (Å²) >= 11 is 0. The van der Waals surface area contributed by atoms with Gasteiger partial charge in [0.1, 0.15) is 0 Å². The van der Waals surface area contributed by atoms with Gasteiger partial charge >= 0.3 is 0 Å². The average Bonchev–Trinajstić information content (AvgIpc) is 2.29. The maximum absolute atomic E-state index is 12.3. The van der Waals surface area contributed by atoms with Gasteiger partial charge in [0.15, 0.2) is 0 Å². The maximum atomic E-state index is 12.3. The Morgan fingerprint density at radius 1 is 1.35 bits per heavy atom. The summed E-state index contributed by atoms with van der Waals surface area (Å²) in [6, 6.07) is 5.23. The molecule has 0 radical (unpaired) electrons. The van der Waals surface area contributed by atoms with Crippen molar-refractivity contribution in [1.82, 2.24) is 4.31 Å². The van der Waals surface area contributed by atoms with E-state index in [0.29, 0.717) is 18.0 Å². The van der Waals surface area contributed by atoms with Gasteiger partial charge in [-0.15, -0.1) is 0 Å². The Kier molecular flexibility index (Phi) is 4.68. The van der Waals surface area contributed by atoms with Gasteiger partial charge in [-0.2, -0.15) is 0 Å². The molecule has 0 aliphatic rings. The van der Waals surface area contributed by atoms with E-state index in [1.54, 1.807) is 26.1 Å². The van der Waals surface area contributed by atoms with Gasteiger partial charge in [0.25, 0.3) is 0 Å². The molecule has 2 N–H and O–H groups in total. The van der Waals surface area contributed by atoms with E-state index in [1.165, 1.54) is 4.31 Å². The highest BCUT2D eigenvalue weighted by Crippen LogP contribution is 2.21. The van der Waals surface area contributed by atoms with E-state index in [1.807, 2.05) is 13.0 Å². The molecule has 17 heavy (non-hydrogen) atoms. The molecule has 96 valence electrons. The Morgan fingerprint density at radius 3 is 2.53 bits per heavy atom. The number of hydrogen-bond donors (Lipinski definition) is 1. The minimum absolute atomic E-state index is 0.354. The monoisotopic (exact) mass is 256 g/mol. The van der Waals surface area contributed by atoms with Crippen molar-refractivity contribution in [2.24, 2.45) is 5.73 Å². The van der Waals surface area contributed by atoms with Crippen molar-refractivity contribution in [1.29, 1.82) is 0 Å². The lowest BCUT2D eigenvalue weighted by Gasteiger charge is -2.18. The molecule has 0 bridgehead atoms. The summed E-state index contributed by atoms with van der Waals surface area (Å²) in [5.41, 5.74) is 7.21. The number of nitrogens with zero attached hydrogens (tertiary/aromatic N) is 1. The van der Waals surface area contributed by atoms with Crippen LogP contribution in [0.5, 0.6) is 0 Å². The first kappa shape index (κ1) is 14.2. The van der Waals surface area contributed by atoms with Gasteiger partial charge in [-0.05, 0) is 30.5 Å². The first-order valence-corrected chi connectivity index (χ1v) is 7.14. The molecule has 0 heterocycles. The van der Waals surface area contributed by atoms with E-state index in [4.69, 9.17) is 5.73 Å². The van der Waals surface area contributed by atoms with E-state index < -0.39 is 10.0 Å². The second kappa shape index (κ2) is 5.62. The predicted molar refractivity (Wildman–Crippen MR) is 69.2 cm³/mol. The van der Waals surface area contributed by atoms with Crippen molar-refractivity contribution in [3.05, 3.63) is 29.3 Å². The molecule has 1 aromatic rings. The van der Waals surface area contributed by atoms with Crippen LogP contribution in [0.25, 0.3) is 0 Å². The summed E-state index contributed by atoms with van der Waals surface area (Å²) in [5, 5.41) is 0. The zero-order valence-electron chi connectivity index (χ0n) is 10.6. The Morgan fingerprint density at radius 2 is 2.00 bits per heavy atom. The largest absolute Gasteiger partial charge is 0.326 e. The van der Waals surface area contributed by atoms with Crippen LogP contribution in [-0.2, 0) is 16.6 Å². The lowest BCUT2D eigenvalue weighted by molar-refractivity contribution is 0.468. The molecule has 1 aromatic carbocycles. The van der Waals surface area contributed by atoms with Crippen molar-refractivity contribution in [2.45, 2.75) is 31.7 Å². The van der Waals surface area contributed by atoms with Crippen LogP contribution in [0.1, 0.15) is 24.5 Å². The number of hydrogen-bond acceptors (Lipinski definition) is 3. The van der Waals surface area contributed by atoms with E-state index >= 15 is 0 Å². The van der Waals surface area contributed by atoms with Gasteiger partial charge in [0.05, 0.1) is 4.90 Å². The molecular weight excluding hydrogens is 236 g/mol.